The predicted molar refractivity (Wildman–Crippen MR) is 94.7 cm³/mol. The molecule has 2 N–H and O–H groups in total. The summed E-state index contributed by atoms with van der Waals surface area (Å²) in [6.45, 7) is 9.09. The van der Waals surface area contributed by atoms with Crippen molar-refractivity contribution in [3.8, 4) is 0 Å². The van der Waals surface area contributed by atoms with Gasteiger partial charge in [-0.25, -0.2) is 0 Å². The molecular formula is C19H25N3. The molecule has 0 saturated carbocycles. The van der Waals surface area contributed by atoms with Crippen molar-refractivity contribution >= 4 is 11.4 Å². The summed E-state index contributed by atoms with van der Waals surface area (Å²) in [5.41, 5.74) is 12.4. The van der Waals surface area contributed by atoms with E-state index in [4.69, 9.17) is 5.73 Å². The molecule has 1 saturated heterocycles. The summed E-state index contributed by atoms with van der Waals surface area (Å²) in [5, 5.41) is 0. The summed E-state index contributed by atoms with van der Waals surface area (Å²) >= 11 is 0. The number of nitrogens with two attached hydrogens (primary N) is 1. The Morgan fingerprint density at radius 1 is 0.818 bits per heavy atom. The van der Waals surface area contributed by atoms with Gasteiger partial charge in [-0.1, -0.05) is 29.8 Å². The topological polar surface area (TPSA) is 32.5 Å². The lowest BCUT2D eigenvalue weighted by Crippen LogP contribution is -2.46. The Labute approximate surface area is 133 Å². The fourth-order valence-corrected chi connectivity index (χ4v) is 3.10. The van der Waals surface area contributed by atoms with Crippen molar-refractivity contribution in [2.45, 2.75) is 20.4 Å². The zero-order valence-electron chi connectivity index (χ0n) is 13.5. The Morgan fingerprint density at radius 2 is 1.41 bits per heavy atom. The predicted octanol–water partition coefficient (Wildman–Crippen LogP) is 3.09. The summed E-state index contributed by atoms with van der Waals surface area (Å²) in [6.07, 6.45) is 0. The smallest absolute Gasteiger partial charge is 0.0415 e. The highest BCUT2D eigenvalue weighted by molar-refractivity contribution is 5.57. The maximum atomic E-state index is 5.90. The number of nitrogens with zero attached hydrogens (tertiary/aromatic N) is 2. The van der Waals surface area contributed by atoms with Gasteiger partial charge in [0.05, 0.1) is 0 Å². The highest BCUT2D eigenvalue weighted by Gasteiger charge is 2.19. The first-order valence-corrected chi connectivity index (χ1v) is 8.03. The van der Waals surface area contributed by atoms with Crippen molar-refractivity contribution in [2.75, 3.05) is 36.0 Å². The van der Waals surface area contributed by atoms with Crippen molar-refractivity contribution in [1.82, 2.24) is 0 Å². The van der Waals surface area contributed by atoms with Gasteiger partial charge in [-0.05, 0) is 43.2 Å². The van der Waals surface area contributed by atoms with Crippen LogP contribution in [0.5, 0.6) is 0 Å². The molecule has 0 spiro atoms. The lowest BCUT2D eigenvalue weighted by Gasteiger charge is -2.38. The van der Waals surface area contributed by atoms with Gasteiger partial charge >= 0.3 is 0 Å². The molecule has 22 heavy (non-hydrogen) atoms. The van der Waals surface area contributed by atoms with Gasteiger partial charge in [0, 0.05) is 44.1 Å². The zero-order chi connectivity index (χ0) is 15.5. The van der Waals surface area contributed by atoms with E-state index in [1.54, 1.807) is 0 Å². The van der Waals surface area contributed by atoms with Crippen molar-refractivity contribution in [3.63, 3.8) is 0 Å². The minimum Gasteiger partial charge on any atom is -0.368 e. The SMILES string of the molecule is Cc1ccc(N2CCN(c3cc(C)ccc3CN)CC2)cc1. The standard InChI is InChI=1S/C19H25N3/c1-15-4-7-18(8-5-15)21-9-11-22(12-10-21)19-13-16(2)3-6-17(19)14-20/h3-8,13H,9-12,14,20H2,1-2H3. The van der Waals surface area contributed by atoms with E-state index in [1.807, 2.05) is 0 Å². The highest BCUT2D eigenvalue weighted by Crippen LogP contribution is 2.25. The van der Waals surface area contributed by atoms with Crippen LogP contribution in [0.2, 0.25) is 0 Å². The number of aryl methyl sites for hydroxylation is 2. The molecule has 0 aliphatic carbocycles. The molecule has 0 amide bonds. The Kier molecular flexibility index (Phi) is 4.34. The van der Waals surface area contributed by atoms with Crippen molar-refractivity contribution in [2.24, 2.45) is 5.73 Å². The quantitative estimate of drug-likeness (QED) is 0.944. The van der Waals surface area contributed by atoms with Gasteiger partial charge in [0.2, 0.25) is 0 Å². The molecule has 1 aliphatic rings. The zero-order valence-corrected chi connectivity index (χ0v) is 13.5. The van der Waals surface area contributed by atoms with Crippen molar-refractivity contribution in [1.29, 1.82) is 0 Å². The normalized spacial score (nSPS) is 15.2. The lowest BCUT2D eigenvalue weighted by molar-refractivity contribution is 0.651. The molecule has 0 bridgehead atoms. The van der Waals surface area contributed by atoms with Crippen LogP contribution in [0, 0.1) is 13.8 Å². The van der Waals surface area contributed by atoms with Crippen LogP contribution in [0.15, 0.2) is 42.5 Å². The Hall–Kier alpha value is -2.00. The van der Waals surface area contributed by atoms with Crippen molar-refractivity contribution < 1.29 is 0 Å². The first-order chi connectivity index (χ1) is 10.7. The van der Waals surface area contributed by atoms with E-state index >= 15 is 0 Å². The third-order valence-corrected chi connectivity index (χ3v) is 4.48. The van der Waals surface area contributed by atoms with Crippen LogP contribution in [-0.2, 0) is 6.54 Å². The Morgan fingerprint density at radius 3 is 2.05 bits per heavy atom. The molecule has 3 rings (SSSR count). The van der Waals surface area contributed by atoms with Crippen LogP contribution < -0.4 is 15.5 Å². The molecule has 3 nitrogen and oxygen atoms in total. The van der Waals surface area contributed by atoms with E-state index < -0.39 is 0 Å². The summed E-state index contributed by atoms with van der Waals surface area (Å²) in [4.78, 5) is 4.94. The molecule has 1 fully saturated rings. The largest absolute Gasteiger partial charge is 0.368 e. The molecule has 0 unspecified atom stereocenters. The van der Waals surface area contributed by atoms with Gasteiger partial charge in [-0.3, -0.25) is 0 Å². The van der Waals surface area contributed by atoms with Crippen molar-refractivity contribution in [3.05, 3.63) is 59.2 Å². The molecule has 1 aliphatic heterocycles. The molecule has 0 atom stereocenters. The molecule has 2 aromatic carbocycles. The maximum absolute atomic E-state index is 5.90. The van der Waals surface area contributed by atoms with Crippen LogP contribution in [-0.4, -0.2) is 26.2 Å². The van der Waals surface area contributed by atoms with E-state index in [-0.39, 0.29) is 0 Å². The summed E-state index contributed by atoms with van der Waals surface area (Å²) in [6, 6.07) is 15.4. The van der Waals surface area contributed by atoms with E-state index in [1.165, 1.54) is 28.1 Å². The number of rotatable bonds is 3. The summed E-state index contributed by atoms with van der Waals surface area (Å²) in [7, 11) is 0. The highest BCUT2D eigenvalue weighted by atomic mass is 15.3. The van der Waals surface area contributed by atoms with E-state index in [9.17, 15) is 0 Å². The first-order valence-electron chi connectivity index (χ1n) is 8.03. The number of hydrogen-bond donors (Lipinski definition) is 1. The first kappa shape index (κ1) is 14.9. The Bertz CT molecular complexity index is 626. The molecule has 2 aromatic rings. The third kappa shape index (κ3) is 3.09. The average Bonchev–Trinajstić information content (AvgIpc) is 2.56. The maximum Gasteiger partial charge on any atom is 0.0415 e. The molecular weight excluding hydrogens is 270 g/mol. The monoisotopic (exact) mass is 295 g/mol. The number of benzene rings is 2. The van der Waals surface area contributed by atoms with Crippen LogP contribution >= 0.6 is 0 Å². The lowest BCUT2D eigenvalue weighted by atomic mass is 10.1. The third-order valence-electron chi connectivity index (χ3n) is 4.48. The van der Waals surface area contributed by atoms with Gasteiger partial charge in [0.1, 0.15) is 0 Å². The second-order valence-electron chi connectivity index (χ2n) is 6.15. The molecule has 3 heteroatoms. The van der Waals surface area contributed by atoms with Gasteiger partial charge < -0.3 is 15.5 Å². The minimum absolute atomic E-state index is 0.605. The van der Waals surface area contributed by atoms with E-state index in [0.29, 0.717) is 6.54 Å². The fourth-order valence-electron chi connectivity index (χ4n) is 3.10. The second-order valence-corrected chi connectivity index (χ2v) is 6.15. The molecule has 0 aromatic heterocycles. The van der Waals surface area contributed by atoms with Gasteiger partial charge in [-0.15, -0.1) is 0 Å². The molecule has 0 radical (unpaired) electrons. The van der Waals surface area contributed by atoms with E-state index in [0.717, 1.165) is 26.2 Å². The Balaban J connectivity index is 1.71. The van der Waals surface area contributed by atoms with Gasteiger partial charge in [-0.2, -0.15) is 0 Å². The number of anilines is 2. The average molecular weight is 295 g/mol. The number of hydrogen-bond acceptors (Lipinski definition) is 3. The van der Waals surface area contributed by atoms with Crippen LogP contribution in [0.25, 0.3) is 0 Å². The minimum atomic E-state index is 0.605. The fraction of sp³-hybridized carbons (Fsp3) is 0.368. The van der Waals surface area contributed by atoms with Crippen LogP contribution in [0.4, 0.5) is 11.4 Å². The van der Waals surface area contributed by atoms with Gasteiger partial charge in [0.25, 0.3) is 0 Å². The van der Waals surface area contributed by atoms with Crippen LogP contribution in [0.3, 0.4) is 0 Å². The second kappa shape index (κ2) is 6.41. The van der Waals surface area contributed by atoms with E-state index in [2.05, 4.69) is 66.1 Å². The molecule has 1 heterocycles. The number of piperazine rings is 1. The van der Waals surface area contributed by atoms with Crippen LogP contribution in [0.1, 0.15) is 16.7 Å². The summed E-state index contributed by atoms with van der Waals surface area (Å²) in [5.74, 6) is 0. The molecule has 116 valence electrons. The van der Waals surface area contributed by atoms with Gasteiger partial charge in [0.15, 0.2) is 0 Å². The summed E-state index contributed by atoms with van der Waals surface area (Å²) < 4.78 is 0.